The van der Waals surface area contributed by atoms with Gasteiger partial charge < -0.3 is 5.32 Å². The van der Waals surface area contributed by atoms with Gasteiger partial charge in [0, 0.05) is 31.5 Å². The summed E-state index contributed by atoms with van der Waals surface area (Å²) in [7, 11) is 0. The summed E-state index contributed by atoms with van der Waals surface area (Å²) in [6.07, 6.45) is 6.40. The first-order chi connectivity index (χ1) is 8.78. The van der Waals surface area contributed by atoms with Gasteiger partial charge in [-0.25, -0.2) is 0 Å². The quantitative estimate of drug-likeness (QED) is 0.865. The van der Waals surface area contributed by atoms with Crippen molar-refractivity contribution in [3.63, 3.8) is 0 Å². The van der Waals surface area contributed by atoms with Crippen molar-refractivity contribution >= 4 is 0 Å². The summed E-state index contributed by atoms with van der Waals surface area (Å²) in [6.45, 7) is 9.14. The first-order valence-corrected chi connectivity index (χ1v) is 7.12. The number of nitrogens with zero attached hydrogens (tertiary/aromatic N) is 2. The van der Waals surface area contributed by atoms with Crippen LogP contribution in [0.1, 0.15) is 32.3 Å². The molecule has 2 unspecified atom stereocenters. The lowest BCUT2D eigenvalue weighted by atomic mass is 9.92. The number of aromatic nitrogens is 1. The Balaban J connectivity index is 1.85. The average molecular weight is 247 g/mol. The highest BCUT2D eigenvalue weighted by Gasteiger charge is 2.20. The molecule has 0 radical (unpaired) electrons. The molecule has 1 aliphatic rings. The van der Waals surface area contributed by atoms with Crippen LogP contribution in [0.15, 0.2) is 24.5 Å². The van der Waals surface area contributed by atoms with Crippen LogP contribution in [0.2, 0.25) is 0 Å². The Morgan fingerprint density at radius 2 is 2.17 bits per heavy atom. The Labute approximate surface area is 111 Å². The van der Waals surface area contributed by atoms with Gasteiger partial charge in [-0.3, -0.25) is 9.88 Å². The molecule has 18 heavy (non-hydrogen) atoms. The number of piperidine rings is 1. The van der Waals surface area contributed by atoms with E-state index in [2.05, 4.69) is 41.2 Å². The molecule has 3 heteroatoms. The fourth-order valence-electron chi connectivity index (χ4n) is 2.82. The minimum absolute atomic E-state index is 0.684. The second-order valence-corrected chi connectivity index (χ2v) is 5.43. The molecule has 1 N–H and O–H groups in total. The molecule has 2 atom stereocenters. The Bertz CT molecular complexity index is 339. The predicted octanol–water partition coefficient (Wildman–Crippen LogP) is 2.29. The molecule has 0 saturated carbocycles. The zero-order valence-corrected chi connectivity index (χ0v) is 11.6. The number of rotatable bonds is 5. The van der Waals surface area contributed by atoms with Gasteiger partial charge in [0.15, 0.2) is 0 Å². The minimum Gasteiger partial charge on any atom is -0.314 e. The molecule has 2 heterocycles. The molecular weight excluding hydrogens is 222 g/mol. The summed E-state index contributed by atoms with van der Waals surface area (Å²) in [4.78, 5) is 6.63. The van der Waals surface area contributed by atoms with E-state index in [1.165, 1.54) is 31.5 Å². The molecule has 1 aromatic heterocycles. The molecule has 0 aromatic carbocycles. The third-order valence-electron chi connectivity index (χ3n) is 3.85. The molecule has 1 aromatic rings. The van der Waals surface area contributed by atoms with Gasteiger partial charge in [-0.1, -0.05) is 6.92 Å². The van der Waals surface area contributed by atoms with Crippen LogP contribution in [-0.4, -0.2) is 35.6 Å². The lowest BCUT2D eigenvalue weighted by Crippen LogP contribution is -2.40. The van der Waals surface area contributed by atoms with Crippen molar-refractivity contribution < 1.29 is 0 Å². The van der Waals surface area contributed by atoms with E-state index >= 15 is 0 Å². The zero-order valence-electron chi connectivity index (χ0n) is 11.6. The van der Waals surface area contributed by atoms with Crippen molar-refractivity contribution in [2.24, 2.45) is 5.92 Å². The van der Waals surface area contributed by atoms with Crippen LogP contribution >= 0.6 is 0 Å². The summed E-state index contributed by atoms with van der Waals surface area (Å²) >= 11 is 0. The maximum atomic E-state index is 4.08. The van der Waals surface area contributed by atoms with E-state index in [-0.39, 0.29) is 0 Å². The monoisotopic (exact) mass is 247 g/mol. The van der Waals surface area contributed by atoms with Crippen LogP contribution in [0.25, 0.3) is 0 Å². The predicted molar refractivity (Wildman–Crippen MR) is 75.4 cm³/mol. The Morgan fingerprint density at radius 1 is 1.39 bits per heavy atom. The highest BCUT2D eigenvalue weighted by molar-refractivity contribution is 5.09. The molecule has 0 aliphatic carbocycles. The molecule has 100 valence electrons. The van der Waals surface area contributed by atoms with E-state index in [1.807, 2.05) is 12.4 Å². The molecule has 1 saturated heterocycles. The van der Waals surface area contributed by atoms with Gasteiger partial charge in [0.25, 0.3) is 0 Å². The van der Waals surface area contributed by atoms with E-state index in [9.17, 15) is 0 Å². The van der Waals surface area contributed by atoms with Crippen LogP contribution < -0.4 is 5.32 Å². The maximum Gasteiger partial charge on any atom is 0.0271 e. The Hall–Kier alpha value is -0.930. The molecule has 0 spiro atoms. The van der Waals surface area contributed by atoms with Crippen LogP contribution in [-0.2, 0) is 6.54 Å². The zero-order chi connectivity index (χ0) is 12.8. The van der Waals surface area contributed by atoms with Crippen molar-refractivity contribution in [2.45, 2.75) is 39.3 Å². The van der Waals surface area contributed by atoms with Crippen LogP contribution in [0.5, 0.6) is 0 Å². The normalized spacial score (nSPS) is 24.4. The number of nitrogens with one attached hydrogen (secondary N) is 1. The van der Waals surface area contributed by atoms with E-state index in [4.69, 9.17) is 0 Å². The van der Waals surface area contributed by atoms with Gasteiger partial charge in [-0.05, 0) is 56.5 Å². The van der Waals surface area contributed by atoms with Gasteiger partial charge >= 0.3 is 0 Å². The van der Waals surface area contributed by atoms with Gasteiger partial charge in [0.2, 0.25) is 0 Å². The van der Waals surface area contributed by atoms with Crippen molar-refractivity contribution in [3.05, 3.63) is 30.1 Å². The number of hydrogen-bond acceptors (Lipinski definition) is 3. The second kappa shape index (κ2) is 6.86. The van der Waals surface area contributed by atoms with E-state index < -0.39 is 0 Å². The molecule has 3 nitrogen and oxygen atoms in total. The second-order valence-electron chi connectivity index (χ2n) is 5.43. The van der Waals surface area contributed by atoms with Gasteiger partial charge in [-0.15, -0.1) is 0 Å². The SMILES string of the molecule is CCN(Cc1ccncc1)CC1CCNC(C)C1. The summed E-state index contributed by atoms with van der Waals surface area (Å²) in [5, 5.41) is 3.53. The molecule has 1 fully saturated rings. The minimum atomic E-state index is 0.684. The van der Waals surface area contributed by atoms with Crippen molar-refractivity contribution in [1.82, 2.24) is 15.2 Å². The third-order valence-corrected chi connectivity index (χ3v) is 3.85. The number of hydrogen-bond donors (Lipinski definition) is 1. The highest BCUT2D eigenvalue weighted by atomic mass is 15.1. The van der Waals surface area contributed by atoms with Crippen molar-refractivity contribution in [3.8, 4) is 0 Å². The highest BCUT2D eigenvalue weighted by Crippen LogP contribution is 2.18. The van der Waals surface area contributed by atoms with Gasteiger partial charge in [0.05, 0.1) is 0 Å². The van der Waals surface area contributed by atoms with E-state index in [0.717, 1.165) is 19.0 Å². The summed E-state index contributed by atoms with van der Waals surface area (Å²) in [6, 6.07) is 4.92. The molecule has 1 aliphatic heterocycles. The maximum absolute atomic E-state index is 4.08. The lowest BCUT2D eigenvalue weighted by Gasteiger charge is -2.32. The fraction of sp³-hybridized carbons (Fsp3) is 0.667. The Kier molecular flexibility index (Phi) is 5.14. The summed E-state index contributed by atoms with van der Waals surface area (Å²) in [5.74, 6) is 0.850. The largest absolute Gasteiger partial charge is 0.314 e. The van der Waals surface area contributed by atoms with E-state index in [0.29, 0.717) is 6.04 Å². The Morgan fingerprint density at radius 3 is 2.83 bits per heavy atom. The number of pyridine rings is 1. The van der Waals surface area contributed by atoms with Crippen LogP contribution in [0.4, 0.5) is 0 Å². The summed E-state index contributed by atoms with van der Waals surface area (Å²) < 4.78 is 0. The van der Waals surface area contributed by atoms with E-state index in [1.54, 1.807) is 0 Å². The van der Waals surface area contributed by atoms with Gasteiger partial charge in [0.1, 0.15) is 0 Å². The molecule has 2 rings (SSSR count). The van der Waals surface area contributed by atoms with Gasteiger partial charge in [-0.2, -0.15) is 0 Å². The first kappa shape index (κ1) is 13.5. The fourth-order valence-corrected chi connectivity index (χ4v) is 2.82. The molecule has 0 amide bonds. The van der Waals surface area contributed by atoms with Crippen molar-refractivity contribution in [2.75, 3.05) is 19.6 Å². The topological polar surface area (TPSA) is 28.2 Å². The third kappa shape index (κ3) is 4.07. The summed E-state index contributed by atoms with van der Waals surface area (Å²) in [5.41, 5.74) is 1.37. The average Bonchev–Trinajstić information content (AvgIpc) is 2.39. The van der Waals surface area contributed by atoms with Crippen molar-refractivity contribution in [1.29, 1.82) is 0 Å². The molecular formula is C15H25N3. The molecule has 0 bridgehead atoms. The lowest BCUT2D eigenvalue weighted by molar-refractivity contribution is 0.192. The first-order valence-electron chi connectivity index (χ1n) is 7.12. The van der Waals surface area contributed by atoms with Crippen LogP contribution in [0, 0.1) is 5.92 Å². The standard InChI is InChI=1S/C15H25N3/c1-3-18(11-14-4-7-16-8-5-14)12-15-6-9-17-13(2)10-15/h4-5,7-8,13,15,17H,3,6,9-12H2,1-2H3. The van der Waals surface area contributed by atoms with Crippen LogP contribution in [0.3, 0.4) is 0 Å². The smallest absolute Gasteiger partial charge is 0.0271 e.